The summed E-state index contributed by atoms with van der Waals surface area (Å²) in [5.74, 6) is 5.04. The Morgan fingerprint density at radius 1 is 1.64 bits per heavy atom. The minimum absolute atomic E-state index is 0.297. The van der Waals surface area contributed by atoms with Gasteiger partial charge >= 0.3 is 5.97 Å². The van der Waals surface area contributed by atoms with E-state index < -0.39 is 0 Å². The van der Waals surface area contributed by atoms with E-state index in [-0.39, 0.29) is 5.97 Å². The van der Waals surface area contributed by atoms with E-state index in [4.69, 9.17) is 5.84 Å². The predicted octanol–water partition coefficient (Wildman–Crippen LogP) is 0.485. The van der Waals surface area contributed by atoms with Crippen LogP contribution in [0.1, 0.15) is 6.42 Å². The first-order valence-electron chi connectivity index (χ1n) is 4.02. The number of nitrogens with one attached hydrogen (secondary N) is 1. The molecule has 0 aliphatic carbocycles. The van der Waals surface area contributed by atoms with E-state index in [1.54, 1.807) is 6.20 Å². The highest BCUT2D eigenvalue weighted by Gasteiger charge is 2.02. The molecule has 5 nitrogen and oxygen atoms in total. The van der Waals surface area contributed by atoms with Gasteiger partial charge in [-0.1, -0.05) is 11.7 Å². The summed E-state index contributed by atoms with van der Waals surface area (Å²) in [5, 5.41) is 0.890. The van der Waals surface area contributed by atoms with Crippen molar-refractivity contribution in [1.29, 1.82) is 0 Å². The zero-order valence-corrected chi connectivity index (χ0v) is 8.29. The zero-order chi connectivity index (χ0) is 10.2. The average Bonchev–Trinajstić information content (AvgIpc) is 2.20. The number of thioether (sulfide) groups is 1. The Kier molecular flexibility index (Phi) is 4.98. The molecule has 0 fully saturated rings. The Morgan fingerprint density at radius 2 is 2.50 bits per heavy atom. The molecule has 0 radical (unpaired) electrons. The van der Waals surface area contributed by atoms with Gasteiger partial charge in [-0.05, 0) is 12.1 Å². The maximum absolute atomic E-state index is 10.8. The Bertz CT molecular complexity index is 281. The lowest BCUT2D eigenvalue weighted by atomic mass is 10.5. The van der Waals surface area contributed by atoms with E-state index in [0.717, 1.165) is 5.03 Å². The van der Waals surface area contributed by atoms with E-state index >= 15 is 0 Å². The third-order valence-corrected chi connectivity index (χ3v) is 2.31. The lowest BCUT2D eigenvalue weighted by molar-refractivity contribution is -0.150. The highest BCUT2D eigenvalue weighted by atomic mass is 32.2. The summed E-state index contributed by atoms with van der Waals surface area (Å²) in [6.07, 6.45) is 2.01. The van der Waals surface area contributed by atoms with Crippen molar-refractivity contribution < 1.29 is 9.63 Å². The average molecular weight is 213 g/mol. The molecule has 3 N–H and O–H groups in total. The molecule has 0 bridgehead atoms. The normalized spacial score (nSPS) is 9.79. The standard InChI is InChI=1S/C8H11N3O2S/c9-11-13-8(12)4-6-14-7-3-1-2-5-10-7/h1-3,5,11H,4,6,9H2. The molecule has 76 valence electrons. The van der Waals surface area contributed by atoms with Crippen LogP contribution in [0.3, 0.4) is 0 Å². The molecule has 0 unspecified atom stereocenters. The van der Waals surface area contributed by atoms with Gasteiger partial charge in [0.15, 0.2) is 0 Å². The smallest absolute Gasteiger partial charge is 0.327 e. The van der Waals surface area contributed by atoms with Gasteiger partial charge in [0.1, 0.15) is 0 Å². The Hall–Kier alpha value is -1.11. The molecule has 0 saturated carbocycles. The van der Waals surface area contributed by atoms with Gasteiger partial charge in [0.25, 0.3) is 0 Å². The van der Waals surface area contributed by atoms with Crippen LogP contribution < -0.4 is 11.4 Å². The number of rotatable bonds is 5. The van der Waals surface area contributed by atoms with E-state index in [0.29, 0.717) is 12.2 Å². The molecule has 0 aromatic carbocycles. The number of aromatic nitrogens is 1. The number of hydrazine groups is 1. The van der Waals surface area contributed by atoms with Crippen molar-refractivity contribution in [2.24, 2.45) is 5.84 Å². The lowest BCUT2D eigenvalue weighted by Crippen LogP contribution is -2.26. The summed E-state index contributed by atoms with van der Waals surface area (Å²) in [6, 6.07) is 5.63. The number of hydrogen-bond acceptors (Lipinski definition) is 6. The fraction of sp³-hybridized carbons (Fsp3) is 0.250. The molecule has 0 aliphatic rings. The van der Waals surface area contributed by atoms with Gasteiger partial charge in [-0.2, -0.15) is 0 Å². The number of carbonyl (C=O) groups is 1. The van der Waals surface area contributed by atoms with Gasteiger partial charge < -0.3 is 4.84 Å². The van der Waals surface area contributed by atoms with Crippen molar-refractivity contribution in [3.05, 3.63) is 24.4 Å². The number of carbonyl (C=O) groups excluding carboxylic acids is 1. The van der Waals surface area contributed by atoms with E-state index in [1.165, 1.54) is 11.8 Å². The molecule has 0 amide bonds. The fourth-order valence-electron chi connectivity index (χ4n) is 0.788. The summed E-state index contributed by atoms with van der Waals surface area (Å²) >= 11 is 1.49. The Morgan fingerprint density at radius 3 is 3.14 bits per heavy atom. The molecular formula is C8H11N3O2S. The molecule has 1 heterocycles. The Balaban J connectivity index is 2.19. The van der Waals surface area contributed by atoms with E-state index in [2.05, 4.69) is 9.82 Å². The molecule has 1 aromatic rings. The fourth-order valence-corrected chi connectivity index (χ4v) is 1.58. The first kappa shape index (κ1) is 11.0. The molecule has 0 spiro atoms. The second-order valence-corrected chi connectivity index (χ2v) is 3.47. The number of pyridine rings is 1. The third-order valence-electron chi connectivity index (χ3n) is 1.37. The van der Waals surface area contributed by atoms with Gasteiger partial charge in [0.2, 0.25) is 0 Å². The minimum atomic E-state index is -0.379. The SMILES string of the molecule is NNOC(=O)CCSc1ccccn1. The van der Waals surface area contributed by atoms with Crippen LogP contribution in [0.2, 0.25) is 0 Å². The Labute approximate surface area is 86.0 Å². The van der Waals surface area contributed by atoms with Gasteiger partial charge in [-0.15, -0.1) is 11.8 Å². The molecule has 0 saturated heterocycles. The first-order chi connectivity index (χ1) is 6.83. The molecule has 0 aliphatic heterocycles. The van der Waals surface area contributed by atoms with Crippen LogP contribution in [0.5, 0.6) is 0 Å². The monoisotopic (exact) mass is 213 g/mol. The predicted molar refractivity (Wildman–Crippen MR) is 53.0 cm³/mol. The van der Waals surface area contributed by atoms with Crippen LogP contribution in [-0.2, 0) is 9.63 Å². The van der Waals surface area contributed by atoms with Crippen molar-refractivity contribution in [1.82, 2.24) is 10.6 Å². The van der Waals surface area contributed by atoms with Gasteiger partial charge in [0.05, 0.1) is 11.4 Å². The van der Waals surface area contributed by atoms with Crippen LogP contribution in [-0.4, -0.2) is 16.7 Å². The number of hydrogen-bond donors (Lipinski definition) is 2. The second-order valence-electron chi connectivity index (χ2n) is 2.36. The molecule has 14 heavy (non-hydrogen) atoms. The highest BCUT2D eigenvalue weighted by Crippen LogP contribution is 2.14. The molecule has 1 rings (SSSR count). The van der Waals surface area contributed by atoms with Crippen molar-refractivity contribution in [3.63, 3.8) is 0 Å². The second kappa shape index (κ2) is 6.36. The maximum Gasteiger partial charge on any atom is 0.327 e. The van der Waals surface area contributed by atoms with E-state index in [1.807, 2.05) is 23.8 Å². The summed E-state index contributed by atoms with van der Waals surface area (Å²) in [7, 11) is 0. The molecule has 6 heteroatoms. The third kappa shape index (κ3) is 4.22. The molecule has 0 atom stereocenters. The summed E-state index contributed by atoms with van der Waals surface area (Å²) in [5.41, 5.74) is 1.84. The topological polar surface area (TPSA) is 77.2 Å². The summed E-state index contributed by atoms with van der Waals surface area (Å²) < 4.78 is 0. The van der Waals surface area contributed by atoms with Gasteiger partial charge in [-0.25, -0.2) is 10.8 Å². The van der Waals surface area contributed by atoms with Crippen LogP contribution in [0.25, 0.3) is 0 Å². The molecular weight excluding hydrogens is 202 g/mol. The largest absolute Gasteiger partial charge is 0.356 e. The summed E-state index contributed by atoms with van der Waals surface area (Å²) in [6.45, 7) is 0. The first-order valence-corrected chi connectivity index (χ1v) is 5.00. The van der Waals surface area contributed by atoms with Crippen LogP contribution in [0.4, 0.5) is 0 Å². The van der Waals surface area contributed by atoms with Gasteiger partial charge in [0, 0.05) is 11.9 Å². The maximum atomic E-state index is 10.8. The van der Waals surface area contributed by atoms with Crippen LogP contribution in [0, 0.1) is 0 Å². The highest BCUT2D eigenvalue weighted by molar-refractivity contribution is 7.99. The van der Waals surface area contributed by atoms with Gasteiger partial charge in [-0.3, -0.25) is 4.79 Å². The van der Waals surface area contributed by atoms with Crippen molar-refractivity contribution in [2.75, 3.05) is 5.75 Å². The number of nitrogens with two attached hydrogens (primary N) is 1. The van der Waals surface area contributed by atoms with Crippen LogP contribution in [0.15, 0.2) is 29.4 Å². The minimum Gasteiger partial charge on any atom is -0.356 e. The van der Waals surface area contributed by atoms with E-state index in [9.17, 15) is 4.79 Å². The van der Waals surface area contributed by atoms with Crippen molar-refractivity contribution in [3.8, 4) is 0 Å². The van der Waals surface area contributed by atoms with Crippen molar-refractivity contribution >= 4 is 17.7 Å². The lowest BCUT2D eigenvalue weighted by Gasteiger charge is -2.00. The summed E-state index contributed by atoms with van der Waals surface area (Å²) in [4.78, 5) is 19.3. The molecule has 1 aromatic heterocycles. The zero-order valence-electron chi connectivity index (χ0n) is 7.47. The number of nitrogens with zero attached hydrogens (tertiary/aromatic N) is 1. The van der Waals surface area contributed by atoms with Crippen molar-refractivity contribution in [2.45, 2.75) is 11.4 Å². The van der Waals surface area contributed by atoms with Crippen LogP contribution >= 0.6 is 11.8 Å². The quantitative estimate of drug-likeness (QED) is 0.421.